The molecule has 0 saturated carbocycles. The Hall–Kier alpha value is -1.32. The quantitative estimate of drug-likeness (QED) is 0.761. The SMILES string of the molecule is COc1ccc(CN[C@@H]2C=C[C@H](CO)C2)cc1. The smallest absolute Gasteiger partial charge is 0.118 e. The molecule has 0 radical (unpaired) electrons. The molecular weight excluding hydrogens is 214 g/mol. The van der Waals surface area contributed by atoms with Gasteiger partial charge in [-0.25, -0.2) is 0 Å². The third-order valence-corrected chi connectivity index (χ3v) is 3.13. The zero-order valence-electron chi connectivity index (χ0n) is 10.1. The van der Waals surface area contributed by atoms with Crippen LogP contribution in [0.4, 0.5) is 0 Å². The number of hydrogen-bond acceptors (Lipinski definition) is 3. The molecule has 1 aromatic rings. The Bertz CT molecular complexity index is 372. The van der Waals surface area contributed by atoms with Crippen LogP contribution in [0.2, 0.25) is 0 Å². The summed E-state index contributed by atoms with van der Waals surface area (Å²) in [6.45, 7) is 1.09. The van der Waals surface area contributed by atoms with E-state index in [9.17, 15) is 0 Å². The molecule has 17 heavy (non-hydrogen) atoms. The minimum atomic E-state index is 0.247. The molecule has 0 aliphatic heterocycles. The van der Waals surface area contributed by atoms with Crippen molar-refractivity contribution in [3.8, 4) is 5.75 Å². The summed E-state index contributed by atoms with van der Waals surface area (Å²) >= 11 is 0. The van der Waals surface area contributed by atoms with Gasteiger partial charge in [0.25, 0.3) is 0 Å². The highest BCUT2D eigenvalue weighted by Gasteiger charge is 2.17. The fourth-order valence-electron chi connectivity index (χ4n) is 2.05. The molecule has 0 unspecified atom stereocenters. The number of nitrogens with one attached hydrogen (secondary N) is 1. The maximum Gasteiger partial charge on any atom is 0.118 e. The van der Waals surface area contributed by atoms with Crippen molar-refractivity contribution < 1.29 is 9.84 Å². The number of ether oxygens (including phenoxy) is 1. The zero-order valence-corrected chi connectivity index (χ0v) is 10.1. The van der Waals surface area contributed by atoms with Gasteiger partial charge in [0.15, 0.2) is 0 Å². The van der Waals surface area contributed by atoms with Gasteiger partial charge in [0.05, 0.1) is 7.11 Å². The van der Waals surface area contributed by atoms with Crippen LogP contribution in [-0.4, -0.2) is 24.9 Å². The summed E-state index contributed by atoms with van der Waals surface area (Å²) in [6.07, 6.45) is 5.22. The van der Waals surface area contributed by atoms with Crippen molar-refractivity contribution in [3.05, 3.63) is 42.0 Å². The van der Waals surface area contributed by atoms with E-state index in [0.717, 1.165) is 18.7 Å². The van der Waals surface area contributed by atoms with Gasteiger partial charge in [-0.3, -0.25) is 0 Å². The van der Waals surface area contributed by atoms with Crippen LogP contribution in [0.3, 0.4) is 0 Å². The predicted molar refractivity (Wildman–Crippen MR) is 68.0 cm³/mol. The monoisotopic (exact) mass is 233 g/mol. The molecule has 3 heteroatoms. The molecule has 0 aromatic heterocycles. The van der Waals surface area contributed by atoms with E-state index >= 15 is 0 Å². The van der Waals surface area contributed by atoms with Crippen molar-refractivity contribution in [1.29, 1.82) is 0 Å². The second-order valence-corrected chi connectivity index (χ2v) is 4.40. The minimum absolute atomic E-state index is 0.247. The molecule has 2 rings (SSSR count). The molecule has 2 atom stereocenters. The fourth-order valence-corrected chi connectivity index (χ4v) is 2.05. The van der Waals surface area contributed by atoms with E-state index in [0.29, 0.717) is 12.0 Å². The van der Waals surface area contributed by atoms with Crippen molar-refractivity contribution >= 4 is 0 Å². The summed E-state index contributed by atoms with van der Waals surface area (Å²) in [5.74, 6) is 1.21. The Morgan fingerprint density at radius 3 is 2.65 bits per heavy atom. The average molecular weight is 233 g/mol. The van der Waals surface area contributed by atoms with Crippen LogP contribution >= 0.6 is 0 Å². The van der Waals surface area contributed by atoms with Gasteiger partial charge in [-0.15, -0.1) is 0 Å². The van der Waals surface area contributed by atoms with Crippen LogP contribution in [0.25, 0.3) is 0 Å². The standard InChI is InChI=1S/C14H19NO2/c1-17-14-6-3-11(4-7-14)9-15-13-5-2-12(8-13)10-16/h2-7,12-13,15-16H,8-10H2,1H3/t12-,13+/m0/s1. The van der Waals surface area contributed by atoms with E-state index in [1.165, 1.54) is 5.56 Å². The molecule has 0 bridgehead atoms. The van der Waals surface area contributed by atoms with E-state index in [4.69, 9.17) is 9.84 Å². The molecule has 2 N–H and O–H groups in total. The van der Waals surface area contributed by atoms with Gasteiger partial charge >= 0.3 is 0 Å². The number of benzene rings is 1. The van der Waals surface area contributed by atoms with Crippen LogP contribution in [0.5, 0.6) is 5.75 Å². The number of aliphatic hydroxyl groups excluding tert-OH is 1. The predicted octanol–water partition coefficient (Wildman–Crippen LogP) is 1.72. The summed E-state index contributed by atoms with van der Waals surface area (Å²) < 4.78 is 5.12. The summed E-state index contributed by atoms with van der Waals surface area (Å²) in [6, 6.07) is 8.45. The molecule has 0 saturated heterocycles. The molecule has 1 aliphatic carbocycles. The largest absolute Gasteiger partial charge is 0.497 e. The second-order valence-electron chi connectivity index (χ2n) is 4.40. The first-order valence-corrected chi connectivity index (χ1v) is 5.97. The third kappa shape index (κ3) is 3.32. The lowest BCUT2D eigenvalue weighted by Crippen LogP contribution is -2.26. The molecule has 1 aromatic carbocycles. The number of methoxy groups -OCH3 is 1. The highest BCUT2D eigenvalue weighted by Crippen LogP contribution is 2.18. The summed E-state index contributed by atoms with van der Waals surface area (Å²) in [7, 11) is 1.67. The maximum absolute atomic E-state index is 9.03. The Morgan fingerprint density at radius 1 is 1.29 bits per heavy atom. The van der Waals surface area contributed by atoms with Gasteiger partial charge in [0, 0.05) is 25.1 Å². The van der Waals surface area contributed by atoms with E-state index < -0.39 is 0 Å². The second kappa shape index (κ2) is 5.84. The van der Waals surface area contributed by atoms with Crippen molar-refractivity contribution in [1.82, 2.24) is 5.32 Å². The average Bonchev–Trinajstić information content (AvgIpc) is 2.85. The normalized spacial score (nSPS) is 22.9. The van der Waals surface area contributed by atoms with E-state index in [1.807, 2.05) is 12.1 Å². The Balaban J connectivity index is 1.80. The topological polar surface area (TPSA) is 41.5 Å². The first-order valence-electron chi connectivity index (χ1n) is 5.97. The molecule has 0 amide bonds. The molecule has 1 aliphatic rings. The van der Waals surface area contributed by atoms with Crippen LogP contribution in [0.1, 0.15) is 12.0 Å². The van der Waals surface area contributed by atoms with Crippen LogP contribution < -0.4 is 10.1 Å². The molecule has 0 heterocycles. The highest BCUT2D eigenvalue weighted by atomic mass is 16.5. The van der Waals surface area contributed by atoms with E-state index in [-0.39, 0.29) is 6.61 Å². The maximum atomic E-state index is 9.03. The first kappa shape index (κ1) is 12.1. The lowest BCUT2D eigenvalue weighted by molar-refractivity contribution is 0.246. The van der Waals surface area contributed by atoms with Gasteiger partial charge in [-0.2, -0.15) is 0 Å². The van der Waals surface area contributed by atoms with E-state index in [2.05, 4.69) is 29.6 Å². The van der Waals surface area contributed by atoms with Gasteiger partial charge in [-0.05, 0) is 24.1 Å². The van der Waals surface area contributed by atoms with Crippen molar-refractivity contribution in [3.63, 3.8) is 0 Å². The first-order chi connectivity index (χ1) is 8.31. The lowest BCUT2D eigenvalue weighted by Gasteiger charge is -2.12. The van der Waals surface area contributed by atoms with Crippen molar-refractivity contribution in [2.24, 2.45) is 5.92 Å². The van der Waals surface area contributed by atoms with Crippen molar-refractivity contribution in [2.45, 2.75) is 19.0 Å². The lowest BCUT2D eigenvalue weighted by atomic mass is 10.1. The number of aliphatic hydroxyl groups is 1. The fraction of sp³-hybridized carbons (Fsp3) is 0.429. The molecule has 0 spiro atoms. The van der Waals surface area contributed by atoms with Gasteiger partial charge < -0.3 is 15.2 Å². The number of hydrogen-bond donors (Lipinski definition) is 2. The van der Waals surface area contributed by atoms with Gasteiger partial charge in [-0.1, -0.05) is 24.3 Å². The van der Waals surface area contributed by atoms with Crippen LogP contribution in [0, 0.1) is 5.92 Å². The Kier molecular flexibility index (Phi) is 4.18. The minimum Gasteiger partial charge on any atom is -0.497 e. The third-order valence-electron chi connectivity index (χ3n) is 3.13. The van der Waals surface area contributed by atoms with Crippen LogP contribution in [0.15, 0.2) is 36.4 Å². The summed E-state index contributed by atoms with van der Waals surface area (Å²) in [5.41, 5.74) is 1.24. The summed E-state index contributed by atoms with van der Waals surface area (Å²) in [5, 5.41) is 12.5. The van der Waals surface area contributed by atoms with E-state index in [1.54, 1.807) is 7.11 Å². The molecule has 92 valence electrons. The highest BCUT2D eigenvalue weighted by molar-refractivity contribution is 5.27. The summed E-state index contributed by atoms with van der Waals surface area (Å²) in [4.78, 5) is 0. The van der Waals surface area contributed by atoms with Crippen LogP contribution in [-0.2, 0) is 6.54 Å². The van der Waals surface area contributed by atoms with Gasteiger partial charge in [0.2, 0.25) is 0 Å². The Morgan fingerprint density at radius 2 is 2.06 bits per heavy atom. The number of rotatable bonds is 5. The van der Waals surface area contributed by atoms with Gasteiger partial charge in [0.1, 0.15) is 5.75 Å². The Labute approximate surface area is 102 Å². The zero-order chi connectivity index (χ0) is 12.1. The molecule has 3 nitrogen and oxygen atoms in total. The van der Waals surface area contributed by atoms with Crippen molar-refractivity contribution in [2.75, 3.05) is 13.7 Å². The molecular formula is C14H19NO2. The molecule has 0 fully saturated rings.